The molecular weight excluding hydrogens is 322 g/mol. The average Bonchev–Trinajstić information content (AvgIpc) is 2.56. The summed E-state index contributed by atoms with van der Waals surface area (Å²) in [6.07, 6.45) is 3.28. The number of aryl methyl sites for hydroxylation is 1. The molecule has 1 atom stereocenters. The number of fused-ring (bicyclic) bond motifs is 1. The quantitative estimate of drug-likeness (QED) is 0.643. The Kier molecular flexibility index (Phi) is 7.49. The van der Waals surface area contributed by atoms with E-state index in [0.717, 1.165) is 56.0 Å². The van der Waals surface area contributed by atoms with E-state index in [1.807, 2.05) is 18.5 Å². The molecule has 1 amide bonds. The van der Waals surface area contributed by atoms with E-state index in [4.69, 9.17) is 14.7 Å². The van der Waals surface area contributed by atoms with Crippen molar-refractivity contribution in [2.45, 2.75) is 38.8 Å². The van der Waals surface area contributed by atoms with E-state index >= 15 is 0 Å². The Bertz CT molecular complexity index is 580. The lowest BCUT2D eigenvalue weighted by molar-refractivity contribution is -0.122. The van der Waals surface area contributed by atoms with Gasteiger partial charge in [-0.15, -0.1) is 0 Å². The van der Waals surface area contributed by atoms with E-state index in [1.165, 1.54) is 5.56 Å². The number of nitrogens with zero attached hydrogens (tertiary/aromatic N) is 1. The van der Waals surface area contributed by atoms with Crippen LogP contribution in [0.3, 0.4) is 0 Å². The van der Waals surface area contributed by atoms with Crippen LogP contribution in [-0.4, -0.2) is 55.9 Å². The number of hydrogen-bond donors (Lipinski definition) is 3. The van der Waals surface area contributed by atoms with E-state index in [9.17, 15) is 4.79 Å². The maximum atomic E-state index is 11.6. The third-order valence-electron chi connectivity index (χ3n) is 4.48. The molecule has 0 saturated heterocycles. The summed E-state index contributed by atoms with van der Waals surface area (Å²) in [5, 5.41) is 11.5. The molecular formula is C18H29N3O4. The van der Waals surface area contributed by atoms with Crippen LogP contribution in [0.5, 0.6) is 11.5 Å². The van der Waals surface area contributed by atoms with Gasteiger partial charge >= 0.3 is 0 Å². The number of amides is 1. The van der Waals surface area contributed by atoms with Crippen molar-refractivity contribution in [3.8, 4) is 11.5 Å². The highest BCUT2D eigenvalue weighted by Crippen LogP contribution is 2.35. The highest BCUT2D eigenvalue weighted by Gasteiger charge is 2.21. The minimum absolute atomic E-state index is 0.0136. The van der Waals surface area contributed by atoms with E-state index < -0.39 is 0 Å². The van der Waals surface area contributed by atoms with Gasteiger partial charge in [-0.2, -0.15) is 5.48 Å². The van der Waals surface area contributed by atoms with Crippen LogP contribution in [-0.2, 0) is 17.8 Å². The summed E-state index contributed by atoms with van der Waals surface area (Å²) < 4.78 is 11.1. The number of carbonyl (C=O) groups is 1. The first-order chi connectivity index (χ1) is 12.1. The second-order valence-corrected chi connectivity index (χ2v) is 6.43. The third kappa shape index (κ3) is 5.32. The Morgan fingerprint density at radius 2 is 2.12 bits per heavy atom. The van der Waals surface area contributed by atoms with Gasteiger partial charge in [0.1, 0.15) is 0 Å². The number of carbonyl (C=O) groups excluding carboxylic acids is 1. The fourth-order valence-corrected chi connectivity index (χ4v) is 3.38. The zero-order valence-corrected chi connectivity index (χ0v) is 15.3. The lowest BCUT2D eigenvalue weighted by Gasteiger charge is -2.30. The lowest BCUT2D eigenvalue weighted by atomic mass is 9.97. The number of methoxy groups -OCH3 is 2. The predicted molar refractivity (Wildman–Crippen MR) is 95.2 cm³/mol. The molecule has 140 valence electrons. The molecule has 1 aliphatic heterocycles. The first kappa shape index (κ1) is 19.5. The average molecular weight is 351 g/mol. The minimum atomic E-state index is -0.221. The number of nitrogens with one attached hydrogen (secondary N) is 2. The Hall–Kier alpha value is -1.83. The lowest BCUT2D eigenvalue weighted by Crippen LogP contribution is -2.45. The largest absolute Gasteiger partial charge is 0.493 e. The molecule has 0 unspecified atom stereocenters. The maximum absolute atomic E-state index is 11.6. The highest BCUT2D eigenvalue weighted by molar-refractivity contribution is 5.78. The van der Waals surface area contributed by atoms with Gasteiger partial charge in [0.15, 0.2) is 11.5 Å². The van der Waals surface area contributed by atoms with Crippen LogP contribution in [0, 0.1) is 0 Å². The van der Waals surface area contributed by atoms with Gasteiger partial charge in [-0.1, -0.05) is 6.07 Å². The van der Waals surface area contributed by atoms with Crippen LogP contribution >= 0.6 is 0 Å². The van der Waals surface area contributed by atoms with Crippen LogP contribution < -0.4 is 20.3 Å². The van der Waals surface area contributed by atoms with E-state index in [-0.39, 0.29) is 18.5 Å². The SMILES string of the molecule is COc1ccc2c(c1OC)CN(C[C@H](C)NC(=O)CNO)CCCC2. The summed E-state index contributed by atoms with van der Waals surface area (Å²) in [7, 11) is 3.32. The smallest absolute Gasteiger partial charge is 0.236 e. The fourth-order valence-electron chi connectivity index (χ4n) is 3.38. The van der Waals surface area contributed by atoms with Crippen molar-refractivity contribution in [2.24, 2.45) is 0 Å². The Morgan fingerprint density at radius 1 is 1.32 bits per heavy atom. The van der Waals surface area contributed by atoms with E-state index in [1.54, 1.807) is 14.2 Å². The monoisotopic (exact) mass is 351 g/mol. The zero-order chi connectivity index (χ0) is 18.2. The predicted octanol–water partition coefficient (Wildman–Crippen LogP) is 1.33. The van der Waals surface area contributed by atoms with Gasteiger partial charge in [-0.3, -0.25) is 9.69 Å². The van der Waals surface area contributed by atoms with Gasteiger partial charge in [0, 0.05) is 24.7 Å². The Labute approximate surface area is 149 Å². The summed E-state index contributed by atoms with van der Waals surface area (Å²) in [6, 6.07) is 4.08. The number of benzene rings is 1. The van der Waals surface area contributed by atoms with Gasteiger partial charge in [-0.05, 0) is 44.4 Å². The van der Waals surface area contributed by atoms with Crippen molar-refractivity contribution in [2.75, 3.05) is 33.9 Å². The molecule has 0 fully saturated rings. The standard InChI is InChI=1S/C18H29N3O4/c1-13(20-17(22)10-19-23)11-21-9-5-4-6-14-7-8-16(24-2)18(25-3)15(14)12-21/h7-8,13,19,23H,4-6,9-12H2,1-3H3,(H,20,22)/t13-/m0/s1. The fraction of sp³-hybridized carbons (Fsp3) is 0.611. The Balaban J connectivity index is 2.14. The number of hydrogen-bond acceptors (Lipinski definition) is 6. The van der Waals surface area contributed by atoms with Crippen molar-refractivity contribution in [1.29, 1.82) is 0 Å². The molecule has 0 aromatic heterocycles. The molecule has 2 rings (SSSR count). The number of ether oxygens (including phenoxy) is 2. The van der Waals surface area contributed by atoms with Crippen LogP contribution in [0.4, 0.5) is 0 Å². The van der Waals surface area contributed by atoms with E-state index in [0.29, 0.717) is 0 Å². The molecule has 7 heteroatoms. The highest BCUT2D eigenvalue weighted by atomic mass is 16.5. The Morgan fingerprint density at radius 3 is 2.80 bits per heavy atom. The van der Waals surface area contributed by atoms with Crippen molar-refractivity contribution in [3.05, 3.63) is 23.3 Å². The van der Waals surface area contributed by atoms with Crippen LogP contribution in [0.2, 0.25) is 0 Å². The minimum Gasteiger partial charge on any atom is -0.493 e. The molecule has 0 spiro atoms. The van der Waals surface area contributed by atoms with Gasteiger partial charge in [0.05, 0.1) is 20.8 Å². The molecule has 0 aliphatic carbocycles. The van der Waals surface area contributed by atoms with Crippen molar-refractivity contribution in [3.63, 3.8) is 0 Å². The van der Waals surface area contributed by atoms with Gasteiger partial charge in [0.2, 0.25) is 5.91 Å². The molecule has 0 radical (unpaired) electrons. The summed E-state index contributed by atoms with van der Waals surface area (Å²) in [5.74, 6) is 1.33. The van der Waals surface area contributed by atoms with Crippen molar-refractivity contribution < 1.29 is 19.5 Å². The summed E-state index contributed by atoms with van der Waals surface area (Å²) >= 11 is 0. The summed E-state index contributed by atoms with van der Waals surface area (Å²) in [4.78, 5) is 13.9. The second-order valence-electron chi connectivity index (χ2n) is 6.43. The molecule has 3 N–H and O–H groups in total. The van der Waals surface area contributed by atoms with Gasteiger partial charge < -0.3 is 20.0 Å². The first-order valence-electron chi connectivity index (χ1n) is 8.70. The topological polar surface area (TPSA) is 83.1 Å². The number of hydroxylamine groups is 1. The maximum Gasteiger partial charge on any atom is 0.236 e. The first-order valence-corrected chi connectivity index (χ1v) is 8.70. The number of rotatable bonds is 7. The molecule has 7 nitrogen and oxygen atoms in total. The van der Waals surface area contributed by atoms with Crippen LogP contribution in [0.15, 0.2) is 12.1 Å². The molecule has 25 heavy (non-hydrogen) atoms. The second kappa shape index (κ2) is 9.60. The van der Waals surface area contributed by atoms with Gasteiger partial charge in [-0.25, -0.2) is 0 Å². The molecule has 1 aromatic rings. The van der Waals surface area contributed by atoms with Crippen LogP contribution in [0.25, 0.3) is 0 Å². The van der Waals surface area contributed by atoms with Gasteiger partial charge in [0.25, 0.3) is 0 Å². The van der Waals surface area contributed by atoms with E-state index in [2.05, 4.69) is 16.3 Å². The third-order valence-corrected chi connectivity index (χ3v) is 4.48. The molecule has 0 bridgehead atoms. The normalized spacial score (nSPS) is 16.3. The van der Waals surface area contributed by atoms with Crippen molar-refractivity contribution in [1.82, 2.24) is 15.7 Å². The molecule has 1 heterocycles. The molecule has 0 saturated carbocycles. The molecule has 1 aromatic carbocycles. The zero-order valence-electron chi connectivity index (χ0n) is 15.3. The van der Waals surface area contributed by atoms with Crippen LogP contribution in [0.1, 0.15) is 30.9 Å². The summed E-state index contributed by atoms with van der Waals surface area (Å²) in [6.45, 7) is 4.33. The summed E-state index contributed by atoms with van der Waals surface area (Å²) in [5.41, 5.74) is 4.34. The molecule has 1 aliphatic rings. The van der Waals surface area contributed by atoms with Crippen molar-refractivity contribution >= 4 is 5.91 Å².